The summed E-state index contributed by atoms with van der Waals surface area (Å²) in [6.45, 7) is 2.76. The van der Waals surface area contributed by atoms with Crippen LogP contribution in [-0.2, 0) is 0 Å². The second-order valence-corrected chi connectivity index (χ2v) is 7.20. The van der Waals surface area contributed by atoms with Gasteiger partial charge in [-0.1, -0.05) is 11.6 Å². The number of hydrogen-bond donors (Lipinski definition) is 2. The minimum absolute atomic E-state index is 0.197. The number of hydrogen-bond acceptors (Lipinski definition) is 3. The monoisotopic (exact) mass is 326 g/mol. The van der Waals surface area contributed by atoms with Gasteiger partial charge in [-0.05, 0) is 61.8 Å². The summed E-state index contributed by atoms with van der Waals surface area (Å²) in [5, 5.41) is 12.8. The Morgan fingerprint density at radius 1 is 1.41 bits per heavy atom. The molecule has 5 heteroatoms. The standard InChI is InChI=1S/C17H24ClFN2O/c1-21(4-5-22)10-11-2-3-12-9-20-17-15(14(12)6-11)7-13(18)8-16(17)19/h7-8,11-12,14,20,22H,2-6,9-10H2,1H3. The fourth-order valence-electron chi connectivity index (χ4n) is 4.12. The molecule has 1 aliphatic heterocycles. The molecule has 1 aliphatic carbocycles. The first-order valence-corrected chi connectivity index (χ1v) is 8.48. The number of fused-ring (bicyclic) bond motifs is 3. The van der Waals surface area contributed by atoms with Crippen LogP contribution in [0.25, 0.3) is 0 Å². The van der Waals surface area contributed by atoms with Gasteiger partial charge < -0.3 is 15.3 Å². The summed E-state index contributed by atoms with van der Waals surface area (Å²) in [7, 11) is 2.05. The number of nitrogens with one attached hydrogen (secondary N) is 1. The Balaban J connectivity index is 1.78. The second kappa shape index (κ2) is 6.73. The van der Waals surface area contributed by atoms with Crippen LogP contribution in [0.15, 0.2) is 12.1 Å². The predicted octanol–water partition coefficient (Wildman–Crippen LogP) is 3.33. The van der Waals surface area contributed by atoms with Crippen LogP contribution in [-0.4, -0.2) is 43.3 Å². The molecule has 2 aliphatic rings. The molecule has 122 valence electrons. The summed E-state index contributed by atoms with van der Waals surface area (Å²) in [5.74, 6) is 1.33. The number of nitrogens with zero attached hydrogens (tertiary/aromatic N) is 1. The van der Waals surface area contributed by atoms with Gasteiger partial charge in [0, 0.05) is 24.7 Å². The Morgan fingerprint density at radius 3 is 3.00 bits per heavy atom. The highest BCUT2D eigenvalue weighted by Gasteiger charge is 2.36. The van der Waals surface area contributed by atoms with E-state index in [1.165, 1.54) is 18.9 Å². The van der Waals surface area contributed by atoms with Crippen molar-refractivity contribution in [1.29, 1.82) is 0 Å². The van der Waals surface area contributed by atoms with Crippen LogP contribution in [0.2, 0.25) is 5.02 Å². The van der Waals surface area contributed by atoms with Crippen molar-refractivity contribution in [2.75, 3.05) is 38.6 Å². The van der Waals surface area contributed by atoms with Gasteiger partial charge >= 0.3 is 0 Å². The molecular formula is C17H24ClFN2O. The third-order valence-electron chi connectivity index (χ3n) is 5.18. The molecule has 22 heavy (non-hydrogen) atoms. The summed E-state index contributed by atoms with van der Waals surface area (Å²) in [5.41, 5.74) is 1.70. The van der Waals surface area contributed by atoms with Crippen molar-refractivity contribution in [2.45, 2.75) is 25.2 Å². The molecular weight excluding hydrogens is 303 g/mol. The molecule has 3 unspecified atom stereocenters. The summed E-state index contributed by atoms with van der Waals surface area (Å²) in [6, 6.07) is 3.33. The minimum atomic E-state index is -0.236. The zero-order valence-electron chi connectivity index (χ0n) is 13.0. The predicted molar refractivity (Wildman–Crippen MR) is 88.1 cm³/mol. The Bertz CT molecular complexity index is 540. The number of benzene rings is 1. The van der Waals surface area contributed by atoms with E-state index in [-0.39, 0.29) is 12.4 Å². The molecule has 3 atom stereocenters. The molecule has 0 amide bonds. The number of halogens is 2. The van der Waals surface area contributed by atoms with Crippen LogP contribution in [0.5, 0.6) is 0 Å². The van der Waals surface area contributed by atoms with Gasteiger partial charge in [-0.2, -0.15) is 0 Å². The first kappa shape index (κ1) is 16.0. The van der Waals surface area contributed by atoms with Gasteiger partial charge in [0.25, 0.3) is 0 Å². The molecule has 1 saturated carbocycles. The van der Waals surface area contributed by atoms with E-state index in [1.807, 2.05) is 6.07 Å². The minimum Gasteiger partial charge on any atom is -0.395 e. The van der Waals surface area contributed by atoms with Crippen molar-refractivity contribution < 1.29 is 9.50 Å². The summed E-state index contributed by atoms with van der Waals surface area (Å²) in [6.07, 6.45) is 3.45. The average molecular weight is 327 g/mol. The van der Waals surface area contributed by atoms with E-state index in [2.05, 4.69) is 17.3 Å². The lowest BCUT2D eigenvalue weighted by molar-refractivity contribution is 0.161. The summed E-state index contributed by atoms with van der Waals surface area (Å²) >= 11 is 6.07. The van der Waals surface area contributed by atoms with Gasteiger partial charge in [-0.25, -0.2) is 4.39 Å². The molecule has 0 radical (unpaired) electrons. The summed E-state index contributed by atoms with van der Waals surface area (Å²) in [4.78, 5) is 2.19. The normalized spacial score (nSPS) is 27.2. The van der Waals surface area contributed by atoms with Crippen molar-refractivity contribution in [1.82, 2.24) is 4.90 Å². The maximum Gasteiger partial charge on any atom is 0.148 e. The molecule has 1 fully saturated rings. The number of likely N-dealkylation sites (N-methyl/N-ethyl adjacent to an activating group) is 1. The number of anilines is 1. The highest BCUT2D eigenvalue weighted by atomic mass is 35.5. The van der Waals surface area contributed by atoms with Crippen LogP contribution in [0, 0.1) is 17.7 Å². The van der Waals surface area contributed by atoms with Crippen LogP contribution in [0.3, 0.4) is 0 Å². The van der Waals surface area contributed by atoms with Crippen LogP contribution >= 0.6 is 11.6 Å². The van der Waals surface area contributed by atoms with E-state index in [0.29, 0.717) is 35.0 Å². The molecule has 3 rings (SSSR count). The molecule has 1 aromatic carbocycles. The SMILES string of the molecule is CN(CCO)CC1CCC2CNc3c(F)cc(Cl)cc3C2C1. The Hall–Kier alpha value is -0.840. The number of aliphatic hydroxyl groups is 1. The Morgan fingerprint density at radius 2 is 2.23 bits per heavy atom. The molecule has 0 aromatic heterocycles. The largest absolute Gasteiger partial charge is 0.395 e. The van der Waals surface area contributed by atoms with Crippen molar-refractivity contribution in [3.8, 4) is 0 Å². The number of rotatable bonds is 4. The quantitative estimate of drug-likeness (QED) is 0.891. The van der Waals surface area contributed by atoms with Crippen molar-refractivity contribution >= 4 is 17.3 Å². The maximum atomic E-state index is 14.1. The molecule has 0 saturated heterocycles. The van der Waals surface area contributed by atoms with Crippen molar-refractivity contribution in [2.24, 2.45) is 11.8 Å². The lowest BCUT2D eigenvalue weighted by Crippen LogP contribution is -2.37. The van der Waals surface area contributed by atoms with Gasteiger partial charge in [0.05, 0.1) is 12.3 Å². The average Bonchev–Trinajstić information content (AvgIpc) is 2.47. The van der Waals surface area contributed by atoms with Crippen LogP contribution < -0.4 is 5.32 Å². The van der Waals surface area contributed by atoms with E-state index in [4.69, 9.17) is 16.7 Å². The first-order chi connectivity index (χ1) is 10.6. The third-order valence-corrected chi connectivity index (χ3v) is 5.40. The lowest BCUT2D eigenvalue weighted by atomic mass is 9.69. The lowest BCUT2D eigenvalue weighted by Gasteiger charge is -2.42. The van der Waals surface area contributed by atoms with E-state index >= 15 is 0 Å². The maximum absolute atomic E-state index is 14.1. The zero-order valence-corrected chi connectivity index (χ0v) is 13.7. The van der Waals surface area contributed by atoms with Crippen LogP contribution in [0.1, 0.15) is 30.7 Å². The van der Waals surface area contributed by atoms with E-state index in [0.717, 1.165) is 25.1 Å². The third kappa shape index (κ3) is 3.24. The molecule has 0 spiro atoms. The van der Waals surface area contributed by atoms with Gasteiger partial charge in [0.1, 0.15) is 5.82 Å². The highest BCUT2D eigenvalue weighted by molar-refractivity contribution is 6.30. The van der Waals surface area contributed by atoms with Gasteiger partial charge in [0.2, 0.25) is 0 Å². The van der Waals surface area contributed by atoms with Gasteiger partial charge in [-0.3, -0.25) is 0 Å². The summed E-state index contributed by atoms with van der Waals surface area (Å²) < 4.78 is 14.1. The van der Waals surface area contributed by atoms with Crippen LogP contribution in [0.4, 0.5) is 10.1 Å². The Kier molecular flexibility index (Phi) is 4.91. The molecule has 1 aromatic rings. The van der Waals surface area contributed by atoms with E-state index in [9.17, 15) is 4.39 Å². The molecule has 3 nitrogen and oxygen atoms in total. The zero-order chi connectivity index (χ0) is 15.7. The van der Waals surface area contributed by atoms with Gasteiger partial charge in [0.15, 0.2) is 0 Å². The molecule has 2 N–H and O–H groups in total. The fraction of sp³-hybridized carbons (Fsp3) is 0.647. The Labute approximate surface area is 136 Å². The van der Waals surface area contributed by atoms with Gasteiger partial charge in [-0.15, -0.1) is 0 Å². The van der Waals surface area contributed by atoms with E-state index in [1.54, 1.807) is 0 Å². The molecule has 0 bridgehead atoms. The van der Waals surface area contributed by atoms with Crippen molar-refractivity contribution in [3.63, 3.8) is 0 Å². The number of aliphatic hydroxyl groups excluding tert-OH is 1. The smallest absolute Gasteiger partial charge is 0.148 e. The second-order valence-electron chi connectivity index (χ2n) is 6.76. The highest BCUT2D eigenvalue weighted by Crippen LogP contribution is 2.47. The topological polar surface area (TPSA) is 35.5 Å². The fourth-order valence-corrected chi connectivity index (χ4v) is 4.33. The van der Waals surface area contributed by atoms with Crippen molar-refractivity contribution in [3.05, 3.63) is 28.5 Å². The first-order valence-electron chi connectivity index (χ1n) is 8.10. The van der Waals surface area contributed by atoms with E-state index < -0.39 is 0 Å². The molecule has 1 heterocycles.